The number of hydrogen-bond acceptors (Lipinski definition) is 5. The summed E-state index contributed by atoms with van der Waals surface area (Å²) in [6.07, 6.45) is 5.01. The minimum Gasteiger partial charge on any atom is -0.382 e. The molecule has 1 amide bonds. The molecular formula is C17H22N4O3. The van der Waals surface area contributed by atoms with Gasteiger partial charge in [-0.15, -0.1) is 0 Å². The fourth-order valence-electron chi connectivity index (χ4n) is 2.99. The molecular weight excluding hydrogens is 308 g/mol. The molecule has 3 heterocycles. The van der Waals surface area contributed by atoms with E-state index in [0.717, 1.165) is 5.69 Å². The molecule has 0 radical (unpaired) electrons. The van der Waals surface area contributed by atoms with Crippen molar-refractivity contribution in [1.29, 1.82) is 0 Å². The van der Waals surface area contributed by atoms with E-state index >= 15 is 0 Å². The van der Waals surface area contributed by atoms with Gasteiger partial charge in [0.15, 0.2) is 0 Å². The van der Waals surface area contributed by atoms with Crippen LogP contribution in [0.3, 0.4) is 0 Å². The van der Waals surface area contributed by atoms with E-state index in [2.05, 4.69) is 10.1 Å². The normalized spacial score (nSPS) is 20.1. The van der Waals surface area contributed by atoms with Gasteiger partial charge in [-0.3, -0.25) is 9.78 Å². The predicted octanol–water partition coefficient (Wildman–Crippen LogP) is 1.53. The standard InChI is InChI=1S/C17H22N4O3/c1-17(2)12-20(10-14(24-17)11-23-3)16(22)15-9-13(5-7-18-15)21-8-4-6-19-21/h4-9,14H,10-12H2,1-3H3/t14-/m0/s1. The lowest BCUT2D eigenvalue weighted by Crippen LogP contribution is -2.55. The van der Waals surface area contributed by atoms with Crippen LogP contribution < -0.4 is 0 Å². The minimum atomic E-state index is -0.420. The number of methoxy groups -OCH3 is 1. The Morgan fingerprint density at radius 1 is 1.46 bits per heavy atom. The summed E-state index contributed by atoms with van der Waals surface area (Å²) in [7, 11) is 1.63. The van der Waals surface area contributed by atoms with Gasteiger partial charge in [-0.05, 0) is 32.0 Å². The van der Waals surface area contributed by atoms with Crippen LogP contribution in [0.15, 0.2) is 36.8 Å². The van der Waals surface area contributed by atoms with E-state index in [9.17, 15) is 4.79 Å². The first-order valence-electron chi connectivity index (χ1n) is 7.90. The highest BCUT2D eigenvalue weighted by atomic mass is 16.5. The molecule has 7 heteroatoms. The SMILES string of the molecule is COC[C@@H]1CN(C(=O)c2cc(-n3cccn3)ccn2)CC(C)(C)O1. The van der Waals surface area contributed by atoms with E-state index in [1.54, 1.807) is 35.2 Å². The second kappa shape index (κ2) is 6.70. The highest BCUT2D eigenvalue weighted by molar-refractivity contribution is 5.93. The number of amides is 1. The minimum absolute atomic E-state index is 0.110. The van der Waals surface area contributed by atoms with Crippen molar-refractivity contribution in [2.75, 3.05) is 26.8 Å². The van der Waals surface area contributed by atoms with E-state index < -0.39 is 5.60 Å². The molecule has 3 rings (SSSR count). The van der Waals surface area contributed by atoms with Gasteiger partial charge in [-0.25, -0.2) is 4.68 Å². The van der Waals surface area contributed by atoms with Crippen molar-refractivity contribution in [2.45, 2.75) is 25.6 Å². The van der Waals surface area contributed by atoms with Crippen molar-refractivity contribution >= 4 is 5.91 Å². The fourth-order valence-corrected chi connectivity index (χ4v) is 2.99. The lowest BCUT2D eigenvalue weighted by Gasteiger charge is -2.42. The molecule has 2 aromatic rings. The van der Waals surface area contributed by atoms with Gasteiger partial charge in [0.1, 0.15) is 5.69 Å². The Labute approximate surface area is 141 Å². The first kappa shape index (κ1) is 16.6. The molecule has 0 N–H and O–H groups in total. The van der Waals surface area contributed by atoms with Gasteiger partial charge >= 0.3 is 0 Å². The predicted molar refractivity (Wildman–Crippen MR) is 88.1 cm³/mol. The fraction of sp³-hybridized carbons (Fsp3) is 0.471. The molecule has 0 spiro atoms. The van der Waals surface area contributed by atoms with Crippen molar-refractivity contribution in [3.05, 3.63) is 42.5 Å². The molecule has 128 valence electrons. The van der Waals surface area contributed by atoms with E-state index in [4.69, 9.17) is 9.47 Å². The van der Waals surface area contributed by atoms with Crippen molar-refractivity contribution in [2.24, 2.45) is 0 Å². The molecule has 0 saturated carbocycles. The van der Waals surface area contributed by atoms with E-state index in [1.165, 1.54) is 0 Å². The molecule has 0 aliphatic carbocycles. The van der Waals surface area contributed by atoms with E-state index in [1.807, 2.05) is 32.2 Å². The Balaban J connectivity index is 1.81. The highest BCUT2D eigenvalue weighted by Gasteiger charge is 2.36. The van der Waals surface area contributed by atoms with Gasteiger partial charge in [0, 0.05) is 38.8 Å². The van der Waals surface area contributed by atoms with E-state index in [0.29, 0.717) is 25.4 Å². The summed E-state index contributed by atoms with van der Waals surface area (Å²) in [5, 5.41) is 4.19. The van der Waals surface area contributed by atoms with Crippen LogP contribution in [-0.2, 0) is 9.47 Å². The molecule has 1 aliphatic heterocycles. The molecule has 0 unspecified atom stereocenters. The van der Waals surface area contributed by atoms with Crippen LogP contribution in [0, 0.1) is 0 Å². The van der Waals surface area contributed by atoms with Gasteiger partial charge in [-0.1, -0.05) is 0 Å². The second-order valence-electron chi connectivity index (χ2n) is 6.49. The number of hydrogen-bond donors (Lipinski definition) is 0. The summed E-state index contributed by atoms with van der Waals surface area (Å²) in [5.74, 6) is -0.110. The molecule has 24 heavy (non-hydrogen) atoms. The van der Waals surface area contributed by atoms with Crippen LogP contribution in [0.4, 0.5) is 0 Å². The molecule has 1 fully saturated rings. The molecule has 0 aromatic carbocycles. The van der Waals surface area contributed by atoms with Crippen molar-refractivity contribution in [1.82, 2.24) is 19.7 Å². The number of ether oxygens (including phenoxy) is 2. The zero-order valence-corrected chi connectivity index (χ0v) is 14.2. The van der Waals surface area contributed by atoms with Crippen LogP contribution in [0.5, 0.6) is 0 Å². The number of carbonyl (C=O) groups is 1. The summed E-state index contributed by atoms with van der Waals surface area (Å²) in [4.78, 5) is 18.9. The number of morpholine rings is 1. The zero-order valence-electron chi connectivity index (χ0n) is 14.2. The van der Waals surface area contributed by atoms with Crippen LogP contribution in [0.2, 0.25) is 0 Å². The smallest absolute Gasteiger partial charge is 0.272 e. The maximum absolute atomic E-state index is 12.9. The molecule has 1 aliphatic rings. The number of carbonyl (C=O) groups excluding carboxylic acids is 1. The lowest BCUT2D eigenvalue weighted by molar-refractivity contribution is -0.143. The van der Waals surface area contributed by atoms with Crippen molar-refractivity contribution in [3.63, 3.8) is 0 Å². The maximum Gasteiger partial charge on any atom is 0.272 e. The third-order valence-corrected chi connectivity index (χ3v) is 3.85. The summed E-state index contributed by atoms with van der Waals surface area (Å²) in [6, 6.07) is 5.41. The molecule has 2 aromatic heterocycles. The van der Waals surface area contributed by atoms with E-state index in [-0.39, 0.29) is 12.0 Å². The Morgan fingerprint density at radius 3 is 3.00 bits per heavy atom. The topological polar surface area (TPSA) is 69.5 Å². The zero-order chi connectivity index (χ0) is 17.2. The highest BCUT2D eigenvalue weighted by Crippen LogP contribution is 2.22. The van der Waals surface area contributed by atoms with Gasteiger partial charge in [0.2, 0.25) is 0 Å². The summed E-state index contributed by atoms with van der Waals surface area (Å²) in [6.45, 7) is 5.41. The Hall–Kier alpha value is -2.25. The van der Waals surface area contributed by atoms with Crippen molar-refractivity contribution in [3.8, 4) is 5.69 Å². The number of nitrogens with zero attached hydrogens (tertiary/aromatic N) is 4. The van der Waals surface area contributed by atoms with Crippen LogP contribution in [0.1, 0.15) is 24.3 Å². The first-order valence-corrected chi connectivity index (χ1v) is 7.90. The second-order valence-corrected chi connectivity index (χ2v) is 6.49. The molecule has 0 bridgehead atoms. The third-order valence-electron chi connectivity index (χ3n) is 3.85. The van der Waals surface area contributed by atoms with Crippen LogP contribution in [-0.4, -0.2) is 64.1 Å². The number of aromatic nitrogens is 3. The molecule has 1 saturated heterocycles. The lowest BCUT2D eigenvalue weighted by atomic mass is 10.0. The quantitative estimate of drug-likeness (QED) is 0.850. The number of rotatable bonds is 4. The van der Waals surface area contributed by atoms with Gasteiger partial charge in [0.05, 0.1) is 24.0 Å². The maximum atomic E-state index is 12.9. The largest absolute Gasteiger partial charge is 0.382 e. The van der Waals surface area contributed by atoms with Crippen LogP contribution in [0.25, 0.3) is 5.69 Å². The summed E-state index contributed by atoms with van der Waals surface area (Å²) in [5.41, 5.74) is 0.785. The monoisotopic (exact) mass is 330 g/mol. The Kier molecular flexibility index (Phi) is 4.64. The summed E-state index contributed by atoms with van der Waals surface area (Å²) < 4.78 is 12.8. The van der Waals surface area contributed by atoms with Crippen LogP contribution >= 0.6 is 0 Å². The van der Waals surface area contributed by atoms with Gasteiger partial charge < -0.3 is 14.4 Å². The average Bonchev–Trinajstić information content (AvgIpc) is 3.07. The molecule has 7 nitrogen and oxygen atoms in total. The number of pyridine rings is 1. The van der Waals surface area contributed by atoms with Gasteiger partial charge in [-0.2, -0.15) is 5.10 Å². The third kappa shape index (κ3) is 3.63. The Bertz CT molecular complexity index is 700. The molecule has 1 atom stereocenters. The van der Waals surface area contributed by atoms with Gasteiger partial charge in [0.25, 0.3) is 5.91 Å². The summed E-state index contributed by atoms with van der Waals surface area (Å²) >= 11 is 0. The van der Waals surface area contributed by atoms with Crippen molar-refractivity contribution < 1.29 is 14.3 Å². The first-order chi connectivity index (χ1) is 11.5. The Morgan fingerprint density at radius 2 is 2.29 bits per heavy atom. The average molecular weight is 330 g/mol.